The fraction of sp³-hybridized carbons (Fsp3) is 0.909. The molecule has 0 bridgehead atoms. The van der Waals surface area contributed by atoms with Crippen molar-refractivity contribution < 1.29 is 9.53 Å². The lowest BCUT2D eigenvalue weighted by molar-refractivity contribution is -0.112. The Kier molecular flexibility index (Phi) is 8.00. The number of ether oxygens (including phenoxy) is 1. The summed E-state index contributed by atoms with van der Waals surface area (Å²) in [6.07, 6.45) is 7.27. The molecule has 0 heterocycles. The lowest BCUT2D eigenvalue weighted by atomic mass is 9.82. The van der Waals surface area contributed by atoms with Gasteiger partial charge in [0.05, 0.1) is 0 Å². The average Bonchev–Trinajstić information content (AvgIpc) is 2.19. The molecule has 0 atom stereocenters. The van der Waals surface area contributed by atoms with E-state index in [9.17, 15) is 4.79 Å². The van der Waals surface area contributed by atoms with Crippen LogP contribution in [0.3, 0.4) is 0 Å². The van der Waals surface area contributed by atoms with E-state index in [1.54, 1.807) is 14.2 Å². The molecule has 0 radical (unpaired) electrons. The third-order valence-corrected chi connectivity index (χ3v) is 2.66. The molecule has 1 rings (SSSR count). The molecule has 1 aliphatic rings. The van der Waals surface area contributed by atoms with Gasteiger partial charge in [0.15, 0.2) is 0 Å². The molecule has 0 aromatic carbocycles. The summed E-state index contributed by atoms with van der Waals surface area (Å²) in [6, 6.07) is 0. The van der Waals surface area contributed by atoms with E-state index in [0.717, 1.165) is 25.0 Å². The summed E-state index contributed by atoms with van der Waals surface area (Å²) < 4.78 is 4.25. The summed E-state index contributed by atoms with van der Waals surface area (Å²) in [5.74, 6) is 1.30. The van der Waals surface area contributed by atoms with Crippen LogP contribution in [0.5, 0.6) is 0 Å². The number of hydrogen-bond acceptors (Lipinski definition) is 2. The zero-order chi connectivity index (χ0) is 10.1. The van der Waals surface area contributed by atoms with E-state index in [2.05, 4.69) is 11.7 Å². The summed E-state index contributed by atoms with van der Waals surface area (Å²) in [5, 5.41) is 0. The first kappa shape index (κ1) is 12.6. The van der Waals surface area contributed by atoms with Crippen LogP contribution in [0.1, 0.15) is 39.0 Å². The van der Waals surface area contributed by atoms with Crippen molar-refractivity contribution in [1.82, 2.24) is 0 Å². The van der Waals surface area contributed by atoms with Crippen LogP contribution in [-0.2, 0) is 9.53 Å². The Bertz CT molecular complexity index is 115. The normalized spacial score (nSPS) is 27.3. The van der Waals surface area contributed by atoms with E-state index in [1.807, 2.05) is 0 Å². The van der Waals surface area contributed by atoms with E-state index in [-0.39, 0.29) is 0 Å². The lowest BCUT2D eigenvalue weighted by Gasteiger charge is -2.23. The Morgan fingerprint density at radius 1 is 1.23 bits per heavy atom. The molecule has 0 saturated heterocycles. The summed E-state index contributed by atoms with van der Waals surface area (Å²) in [7, 11) is 3.25. The van der Waals surface area contributed by atoms with E-state index in [4.69, 9.17) is 0 Å². The number of aldehydes is 1. The van der Waals surface area contributed by atoms with Gasteiger partial charge in [-0.15, -0.1) is 0 Å². The molecule has 0 aromatic rings. The average molecular weight is 186 g/mol. The van der Waals surface area contributed by atoms with Crippen molar-refractivity contribution in [2.45, 2.75) is 39.0 Å². The minimum Gasteiger partial charge on any atom is -0.388 e. The van der Waals surface area contributed by atoms with Gasteiger partial charge in [-0.1, -0.05) is 13.3 Å². The number of rotatable bonds is 2. The first-order chi connectivity index (χ1) is 6.28. The molecule has 2 heteroatoms. The van der Waals surface area contributed by atoms with E-state index >= 15 is 0 Å². The largest absolute Gasteiger partial charge is 0.388 e. The van der Waals surface area contributed by atoms with Crippen LogP contribution in [0.4, 0.5) is 0 Å². The van der Waals surface area contributed by atoms with Crippen LogP contribution in [0.15, 0.2) is 0 Å². The summed E-state index contributed by atoms with van der Waals surface area (Å²) in [4.78, 5) is 10.4. The Labute approximate surface area is 81.7 Å². The molecule has 0 N–H and O–H groups in total. The zero-order valence-corrected chi connectivity index (χ0v) is 9.08. The van der Waals surface area contributed by atoms with Crippen LogP contribution in [0.25, 0.3) is 0 Å². The van der Waals surface area contributed by atoms with Gasteiger partial charge in [0.2, 0.25) is 0 Å². The van der Waals surface area contributed by atoms with Crippen LogP contribution in [0, 0.1) is 11.8 Å². The fourth-order valence-electron chi connectivity index (χ4n) is 1.73. The Balaban J connectivity index is 0.000000424. The Morgan fingerprint density at radius 3 is 2.00 bits per heavy atom. The second kappa shape index (κ2) is 8.24. The van der Waals surface area contributed by atoms with Gasteiger partial charge < -0.3 is 9.53 Å². The van der Waals surface area contributed by atoms with Crippen LogP contribution < -0.4 is 0 Å². The Morgan fingerprint density at radius 2 is 1.69 bits per heavy atom. The standard InChI is InChI=1S/C9H16O.C2H6O/c1-2-8-3-5-9(7-10)6-4-8;1-3-2/h7-9H,2-6H2,1H3;1-2H3. The monoisotopic (exact) mass is 186 g/mol. The highest BCUT2D eigenvalue weighted by Gasteiger charge is 2.18. The van der Waals surface area contributed by atoms with E-state index in [0.29, 0.717) is 5.92 Å². The first-order valence-electron chi connectivity index (χ1n) is 5.13. The molecular formula is C11H22O2. The lowest BCUT2D eigenvalue weighted by Crippen LogP contribution is -2.14. The molecule has 2 nitrogen and oxygen atoms in total. The Hall–Kier alpha value is -0.370. The quantitative estimate of drug-likeness (QED) is 0.620. The molecule has 0 aromatic heterocycles. The van der Waals surface area contributed by atoms with Gasteiger partial charge in [0, 0.05) is 20.1 Å². The summed E-state index contributed by atoms with van der Waals surface area (Å²) in [5.41, 5.74) is 0. The third kappa shape index (κ3) is 5.81. The zero-order valence-electron chi connectivity index (χ0n) is 9.08. The minimum atomic E-state index is 0.391. The number of carbonyl (C=O) groups is 1. The van der Waals surface area contributed by atoms with Crippen LogP contribution in [-0.4, -0.2) is 20.5 Å². The first-order valence-corrected chi connectivity index (χ1v) is 5.13. The van der Waals surface area contributed by atoms with Crippen molar-refractivity contribution in [3.8, 4) is 0 Å². The maximum Gasteiger partial charge on any atom is 0.123 e. The van der Waals surface area contributed by atoms with Crippen molar-refractivity contribution in [1.29, 1.82) is 0 Å². The van der Waals surface area contributed by atoms with Gasteiger partial charge in [-0.3, -0.25) is 0 Å². The summed E-state index contributed by atoms with van der Waals surface area (Å²) in [6.45, 7) is 2.24. The van der Waals surface area contributed by atoms with Crippen molar-refractivity contribution in [3.05, 3.63) is 0 Å². The molecule has 0 aliphatic heterocycles. The molecule has 0 spiro atoms. The van der Waals surface area contributed by atoms with Crippen LogP contribution >= 0.6 is 0 Å². The summed E-state index contributed by atoms with van der Waals surface area (Å²) >= 11 is 0. The maximum absolute atomic E-state index is 10.4. The van der Waals surface area contributed by atoms with Crippen LogP contribution in [0.2, 0.25) is 0 Å². The number of methoxy groups -OCH3 is 1. The predicted octanol–water partition coefficient (Wildman–Crippen LogP) is 2.66. The number of hydrogen-bond donors (Lipinski definition) is 0. The smallest absolute Gasteiger partial charge is 0.123 e. The highest BCUT2D eigenvalue weighted by atomic mass is 16.4. The van der Waals surface area contributed by atoms with E-state index in [1.165, 1.54) is 19.3 Å². The maximum atomic E-state index is 10.4. The highest BCUT2D eigenvalue weighted by molar-refractivity contribution is 5.53. The predicted molar refractivity (Wildman–Crippen MR) is 54.7 cm³/mol. The van der Waals surface area contributed by atoms with Crippen molar-refractivity contribution in [3.63, 3.8) is 0 Å². The van der Waals surface area contributed by atoms with Crippen molar-refractivity contribution in [2.75, 3.05) is 14.2 Å². The molecule has 1 aliphatic carbocycles. The SMILES string of the molecule is CCC1CCC(C=O)CC1.COC. The van der Waals surface area contributed by atoms with Crippen molar-refractivity contribution >= 4 is 6.29 Å². The third-order valence-electron chi connectivity index (χ3n) is 2.66. The van der Waals surface area contributed by atoms with Gasteiger partial charge in [-0.05, 0) is 31.6 Å². The molecule has 13 heavy (non-hydrogen) atoms. The van der Waals surface area contributed by atoms with Gasteiger partial charge in [0.1, 0.15) is 6.29 Å². The number of carbonyl (C=O) groups excluding carboxylic acids is 1. The van der Waals surface area contributed by atoms with Gasteiger partial charge in [-0.25, -0.2) is 0 Å². The minimum absolute atomic E-state index is 0.391. The molecule has 0 unspecified atom stereocenters. The van der Waals surface area contributed by atoms with Gasteiger partial charge >= 0.3 is 0 Å². The van der Waals surface area contributed by atoms with Gasteiger partial charge in [-0.2, -0.15) is 0 Å². The second-order valence-electron chi connectivity index (χ2n) is 3.73. The van der Waals surface area contributed by atoms with Crippen molar-refractivity contribution in [2.24, 2.45) is 11.8 Å². The fourth-order valence-corrected chi connectivity index (χ4v) is 1.73. The molecule has 78 valence electrons. The molecular weight excluding hydrogens is 164 g/mol. The highest BCUT2D eigenvalue weighted by Crippen LogP contribution is 2.29. The van der Waals surface area contributed by atoms with E-state index < -0.39 is 0 Å². The molecule has 1 saturated carbocycles. The van der Waals surface area contributed by atoms with Gasteiger partial charge in [0.25, 0.3) is 0 Å². The molecule has 0 amide bonds. The topological polar surface area (TPSA) is 26.3 Å². The second-order valence-corrected chi connectivity index (χ2v) is 3.73. The molecule has 1 fully saturated rings.